The Morgan fingerprint density at radius 1 is 0.385 bits per heavy atom. The fourth-order valence-corrected chi connectivity index (χ4v) is 20.4. The van der Waals surface area contributed by atoms with Crippen molar-refractivity contribution < 1.29 is 18.9 Å². The summed E-state index contributed by atoms with van der Waals surface area (Å²) in [5.74, 6) is 11.1. The van der Waals surface area contributed by atoms with Crippen molar-refractivity contribution in [2.24, 2.45) is 0 Å². The second kappa shape index (κ2) is 13.4. The van der Waals surface area contributed by atoms with Gasteiger partial charge in [0.1, 0.15) is 16.1 Å². The SMILES string of the molecule is CC(C)[Si](C#Cc1c2cc3cc4c(cc3cc2c(C#C[Si](C(C)C)(C(C)C)C(C)C)c2cc3cc5c(cc3cc12)OCO5)OCO4)(C(C)C)C(C)C. The molecular weight excluding hydrogens is 673 g/mol. The molecule has 2 aliphatic heterocycles. The van der Waals surface area contributed by atoms with Gasteiger partial charge in [0.2, 0.25) is 13.6 Å². The largest absolute Gasteiger partial charge is 0.454 e. The van der Waals surface area contributed by atoms with Gasteiger partial charge in [-0.3, -0.25) is 0 Å². The van der Waals surface area contributed by atoms with E-state index in [1.54, 1.807) is 0 Å². The fraction of sp³-hybridized carbons (Fsp3) is 0.435. The van der Waals surface area contributed by atoms with Gasteiger partial charge in [-0.2, -0.15) is 0 Å². The van der Waals surface area contributed by atoms with Crippen molar-refractivity contribution >= 4 is 59.2 Å². The van der Waals surface area contributed by atoms with Gasteiger partial charge in [-0.1, -0.05) is 94.9 Å². The molecule has 0 N–H and O–H groups in total. The molecule has 0 amide bonds. The van der Waals surface area contributed by atoms with Crippen LogP contribution in [0.2, 0.25) is 33.2 Å². The van der Waals surface area contributed by atoms with Gasteiger partial charge in [-0.15, -0.1) is 11.1 Å². The van der Waals surface area contributed by atoms with E-state index in [1.165, 1.54) is 0 Å². The predicted molar refractivity (Wildman–Crippen MR) is 225 cm³/mol. The Hall–Kier alpha value is -4.11. The maximum Gasteiger partial charge on any atom is 0.231 e. The second-order valence-corrected chi connectivity index (χ2v) is 28.1. The van der Waals surface area contributed by atoms with Crippen LogP contribution >= 0.6 is 0 Å². The third-order valence-corrected chi connectivity index (χ3v) is 25.1. The average Bonchev–Trinajstić information content (AvgIpc) is 3.73. The van der Waals surface area contributed by atoms with E-state index in [0.717, 1.165) is 77.2 Å². The summed E-state index contributed by atoms with van der Waals surface area (Å²) in [6.45, 7) is 29.1. The standard InChI is InChI=1S/C46H54O4Si2/c1-27(2)51(28(3)4,29(5)6)15-13-37-39-17-33-21-43-45(49-25-47-43)23-35(33)19-41(39)38(14-16-52(30(7)8,31(9)10)32(11)12)42-20-36-24-46-44(48-26-50-46)22-34(36)18-40(37)42/h17-24,27-32H,25-26H2,1-12H3. The molecule has 0 bridgehead atoms. The van der Waals surface area contributed by atoms with Gasteiger partial charge in [0.25, 0.3) is 0 Å². The molecule has 5 aromatic carbocycles. The summed E-state index contributed by atoms with van der Waals surface area (Å²) in [7, 11) is -4.14. The first kappa shape index (κ1) is 36.3. The lowest BCUT2D eigenvalue weighted by Gasteiger charge is -2.38. The molecular formula is C46H54O4Si2. The van der Waals surface area contributed by atoms with Gasteiger partial charge in [-0.25, -0.2) is 0 Å². The van der Waals surface area contributed by atoms with Crippen LogP contribution in [0.15, 0.2) is 48.5 Å². The predicted octanol–water partition coefficient (Wildman–Crippen LogP) is 12.9. The highest BCUT2D eigenvalue weighted by Gasteiger charge is 2.43. The Morgan fingerprint density at radius 3 is 0.827 bits per heavy atom. The first-order valence-electron chi connectivity index (χ1n) is 19.3. The normalized spacial score (nSPS) is 14.2. The summed E-state index contributed by atoms with van der Waals surface area (Å²) in [6.07, 6.45) is 0. The molecule has 0 aromatic heterocycles. The third kappa shape index (κ3) is 5.65. The van der Waals surface area contributed by atoms with Crippen LogP contribution in [0.5, 0.6) is 23.0 Å². The highest BCUT2D eigenvalue weighted by molar-refractivity contribution is 6.91. The molecule has 0 fully saturated rings. The van der Waals surface area contributed by atoms with E-state index in [1.807, 2.05) is 0 Å². The average molecular weight is 727 g/mol. The molecule has 0 spiro atoms. The van der Waals surface area contributed by atoms with Crippen LogP contribution in [0.4, 0.5) is 0 Å². The summed E-state index contributed by atoms with van der Waals surface area (Å²) in [4.78, 5) is 0. The molecule has 6 heteroatoms. The molecule has 0 unspecified atom stereocenters. The van der Waals surface area contributed by atoms with Crippen molar-refractivity contribution in [1.29, 1.82) is 0 Å². The highest BCUT2D eigenvalue weighted by atomic mass is 28.3. The van der Waals surface area contributed by atoms with E-state index in [9.17, 15) is 0 Å². The topological polar surface area (TPSA) is 36.9 Å². The van der Waals surface area contributed by atoms with Gasteiger partial charge in [-0.05, 0) is 125 Å². The first-order chi connectivity index (χ1) is 24.7. The molecule has 5 aromatic rings. The lowest BCUT2D eigenvalue weighted by molar-refractivity contribution is 0.173. The van der Waals surface area contributed by atoms with Gasteiger partial charge in [0.05, 0.1) is 0 Å². The summed E-state index contributed by atoms with van der Waals surface area (Å²) < 4.78 is 23.4. The van der Waals surface area contributed by atoms with Gasteiger partial charge < -0.3 is 18.9 Å². The Labute approximate surface area is 312 Å². The van der Waals surface area contributed by atoms with Crippen molar-refractivity contribution in [1.82, 2.24) is 0 Å². The van der Waals surface area contributed by atoms with Crippen molar-refractivity contribution in [3.05, 3.63) is 59.7 Å². The van der Waals surface area contributed by atoms with Gasteiger partial charge >= 0.3 is 0 Å². The zero-order chi connectivity index (χ0) is 37.3. The molecule has 52 heavy (non-hydrogen) atoms. The summed E-state index contributed by atoms with van der Waals surface area (Å²) >= 11 is 0. The van der Waals surface area contributed by atoms with Crippen LogP contribution in [0.3, 0.4) is 0 Å². The molecule has 0 saturated heterocycles. The molecule has 270 valence electrons. The smallest absolute Gasteiger partial charge is 0.231 e. The highest BCUT2D eigenvalue weighted by Crippen LogP contribution is 2.46. The zero-order valence-corrected chi connectivity index (χ0v) is 35.1. The minimum Gasteiger partial charge on any atom is -0.454 e. The molecule has 4 nitrogen and oxygen atoms in total. The lowest BCUT2D eigenvalue weighted by Crippen LogP contribution is -2.43. The van der Waals surface area contributed by atoms with Crippen LogP contribution in [0.25, 0.3) is 43.1 Å². The number of rotatable bonds is 6. The third-order valence-electron chi connectivity index (χ3n) is 12.6. The van der Waals surface area contributed by atoms with E-state index in [-0.39, 0.29) is 13.6 Å². The minimum absolute atomic E-state index is 0.241. The van der Waals surface area contributed by atoms with Crippen LogP contribution in [0, 0.1) is 22.9 Å². The van der Waals surface area contributed by atoms with Crippen molar-refractivity contribution in [3.63, 3.8) is 0 Å². The van der Waals surface area contributed by atoms with Crippen LogP contribution < -0.4 is 18.9 Å². The number of ether oxygens (including phenoxy) is 4. The minimum atomic E-state index is -2.07. The van der Waals surface area contributed by atoms with Gasteiger partial charge in [0.15, 0.2) is 23.0 Å². The monoisotopic (exact) mass is 726 g/mol. The summed E-state index contributed by atoms with van der Waals surface area (Å²) in [6, 6.07) is 17.8. The van der Waals surface area contributed by atoms with E-state index in [0.29, 0.717) is 33.2 Å². The summed E-state index contributed by atoms with van der Waals surface area (Å²) in [5, 5.41) is 8.99. The zero-order valence-electron chi connectivity index (χ0n) is 33.1. The summed E-state index contributed by atoms with van der Waals surface area (Å²) in [5.41, 5.74) is 13.5. The molecule has 0 atom stereocenters. The number of benzene rings is 5. The Kier molecular flexibility index (Phi) is 9.34. The lowest BCUT2D eigenvalue weighted by atomic mass is 9.89. The molecule has 2 aliphatic rings. The Morgan fingerprint density at radius 2 is 0.615 bits per heavy atom. The van der Waals surface area contributed by atoms with Crippen LogP contribution in [0.1, 0.15) is 94.2 Å². The first-order valence-corrected chi connectivity index (χ1v) is 23.7. The fourth-order valence-electron chi connectivity index (χ4n) is 9.97. The van der Waals surface area contributed by atoms with Crippen LogP contribution in [-0.4, -0.2) is 29.7 Å². The molecule has 7 rings (SSSR count). The van der Waals surface area contributed by atoms with E-state index in [2.05, 4.69) is 155 Å². The quantitative estimate of drug-likeness (QED) is 0.0992. The number of hydrogen-bond acceptors (Lipinski definition) is 4. The van der Waals surface area contributed by atoms with Crippen molar-refractivity contribution in [3.8, 4) is 45.9 Å². The number of hydrogen-bond donors (Lipinski definition) is 0. The second-order valence-electron chi connectivity index (χ2n) is 16.9. The maximum atomic E-state index is 5.86. The molecule has 0 radical (unpaired) electrons. The Bertz CT molecular complexity index is 2040. The van der Waals surface area contributed by atoms with E-state index >= 15 is 0 Å². The molecule has 0 saturated carbocycles. The molecule has 0 aliphatic carbocycles. The maximum absolute atomic E-state index is 5.86. The van der Waals surface area contributed by atoms with E-state index in [4.69, 9.17) is 18.9 Å². The van der Waals surface area contributed by atoms with Gasteiger partial charge in [0, 0.05) is 11.1 Å². The van der Waals surface area contributed by atoms with Crippen molar-refractivity contribution in [2.45, 2.75) is 116 Å². The van der Waals surface area contributed by atoms with Crippen molar-refractivity contribution in [2.75, 3.05) is 13.6 Å². The number of fused-ring (bicyclic) bond motifs is 6. The Balaban J connectivity index is 1.68. The molecule has 2 heterocycles. The van der Waals surface area contributed by atoms with Crippen LogP contribution in [-0.2, 0) is 0 Å². The van der Waals surface area contributed by atoms with E-state index < -0.39 is 16.1 Å².